The van der Waals surface area contributed by atoms with Gasteiger partial charge in [-0.05, 0) is 6.92 Å². The highest BCUT2D eigenvalue weighted by atomic mass is 16.4. The molecule has 0 radical (unpaired) electrons. The van der Waals surface area contributed by atoms with Gasteiger partial charge >= 0.3 is 5.97 Å². The summed E-state index contributed by atoms with van der Waals surface area (Å²) in [6.07, 6.45) is 0. The summed E-state index contributed by atoms with van der Waals surface area (Å²) in [6.45, 7) is 0.906. The van der Waals surface area contributed by atoms with Crippen LogP contribution in [-0.4, -0.2) is 46.6 Å². The van der Waals surface area contributed by atoms with Crippen LogP contribution in [0.1, 0.15) is 6.92 Å². The lowest BCUT2D eigenvalue weighted by Crippen LogP contribution is -2.45. The summed E-state index contributed by atoms with van der Waals surface area (Å²) >= 11 is 0. The van der Waals surface area contributed by atoms with E-state index in [0.29, 0.717) is 0 Å². The Kier molecular flexibility index (Phi) is 4.76. The quantitative estimate of drug-likeness (QED) is 0.392. The maximum Gasteiger partial charge on any atom is 0.320 e. The molecule has 0 aromatic heterocycles. The molecule has 0 aromatic rings. The van der Waals surface area contributed by atoms with Crippen LogP contribution in [-0.2, 0) is 4.79 Å². The topological polar surface area (TPSA) is 89.8 Å². The van der Waals surface area contributed by atoms with Crippen LogP contribution >= 0.6 is 0 Å². The van der Waals surface area contributed by atoms with Gasteiger partial charge in [0.2, 0.25) is 0 Å². The summed E-state index contributed by atoms with van der Waals surface area (Å²) in [4.78, 5) is 10.2. The summed E-state index contributed by atoms with van der Waals surface area (Å²) in [5.41, 5.74) is 0. The molecule has 0 fully saturated rings. The molecular formula is C6H13NO4. The molecule has 5 heteroatoms. The molecule has 0 bridgehead atoms. The first kappa shape index (κ1) is 10.3. The summed E-state index contributed by atoms with van der Waals surface area (Å²) < 4.78 is 0. The van der Waals surface area contributed by atoms with Crippen LogP contribution in [0.3, 0.4) is 0 Å². The smallest absolute Gasteiger partial charge is 0.320 e. The molecule has 0 spiro atoms. The Morgan fingerprint density at radius 3 is 2.18 bits per heavy atom. The van der Waals surface area contributed by atoms with E-state index in [9.17, 15) is 4.79 Å². The average molecular weight is 163 g/mol. The maximum atomic E-state index is 10.2. The van der Waals surface area contributed by atoms with E-state index < -0.39 is 18.1 Å². The van der Waals surface area contributed by atoms with E-state index in [0.717, 1.165) is 0 Å². The SMILES string of the molecule is C[C@H](NC(CO)CO)C(=O)O. The third kappa shape index (κ3) is 3.92. The van der Waals surface area contributed by atoms with Gasteiger partial charge in [0.1, 0.15) is 6.04 Å². The molecule has 4 N–H and O–H groups in total. The highest BCUT2D eigenvalue weighted by Crippen LogP contribution is 1.86. The number of carboxylic acids is 1. The van der Waals surface area contributed by atoms with Gasteiger partial charge in [-0.15, -0.1) is 0 Å². The lowest BCUT2D eigenvalue weighted by Gasteiger charge is -2.15. The minimum atomic E-state index is -1.00. The third-order valence-corrected chi connectivity index (χ3v) is 1.30. The predicted molar refractivity (Wildman–Crippen MR) is 38.2 cm³/mol. The molecule has 0 unspecified atom stereocenters. The van der Waals surface area contributed by atoms with Crippen molar-refractivity contribution >= 4 is 5.97 Å². The second kappa shape index (κ2) is 5.06. The van der Waals surface area contributed by atoms with Crippen LogP contribution in [0.25, 0.3) is 0 Å². The molecular weight excluding hydrogens is 150 g/mol. The number of aliphatic carboxylic acids is 1. The van der Waals surface area contributed by atoms with Crippen molar-refractivity contribution in [1.29, 1.82) is 0 Å². The van der Waals surface area contributed by atoms with E-state index in [1.165, 1.54) is 6.92 Å². The monoisotopic (exact) mass is 163 g/mol. The highest BCUT2D eigenvalue weighted by Gasteiger charge is 2.14. The van der Waals surface area contributed by atoms with Crippen molar-refractivity contribution in [2.45, 2.75) is 19.0 Å². The molecule has 0 amide bonds. The molecule has 0 aliphatic rings. The van der Waals surface area contributed by atoms with Crippen LogP contribution in [0.4, 0.5) is 0 Å². The van der Waals surface area contributed by atoms with Crippen molar-refractivity contribution in [3.05, 3.63) is 0 Å². The fraction of sp³-hybridized carbons (Fsp3) is 0.833. The fourth-order valence-electron chi connectivity index (χ4n) is 0.588. The molecule has 0 heterocycles. The highest BCUT2D eigenvalue weighted by molar-refractivity contribution is 5.72. The van der Waals surface area contributed by atoms with Gasteiger partial charge in [-0.1, -0.05) is 0 Å². The van der Waals surface area contributed by atoms with E-state index in [2.05, 4.69) is 5.32 Å². The second-order valence-electron chi connectivity index (χ2n) is 2.29. The number of hydrogen-bond donors (Lipinski definition) is 4. The van der Waals surface area contributed by atoms with E-state index in [-0.39, 0.29) is 13.2 Å². The lowest BCUT2D eigenvalue weighted by atomic mass is 10.2. The van der Waals surface area contributed by atoms with Gasteiger partial charge in [-0.3, -0.25) is 10.1 Å². The van der Waals surface area contributed by atoms with Crippen molar-refractivity contribution in [3.8, 4) is 0 Å². The first-order valence-electron chi connectivity index (χ1n) is 3.32. The fourth-order valence-corrected chi connectivity index (χ4v) is 0.588. The van der Waals surface area contributed by atoms with Crippen LogP contribution in [0.2, 0.25) is 0 Å². The van der Waals surface area contributed by atoms with Gasteiger partial charge in [0.15, 0.2) is 0 Å². The first-order chi connectivity index (χ1) is 5.11. The van der Waals surface area contributed by atoms with Gasteiger partial charge in [0, 0.05) is 0 Å². The summed E-state index contributed by atoms with van der Waals surface area (Å²) in [6, 6.07) is -1.31. The Bertz CT molecular complexity index is 124. The molecule has 0 aliphatic heterocycles. The number of rotatable bonds is 5. The Morgan fingerprint density at radius 2 is 1.91 bits per heavy atom. The van der Waals surface area contributed by atoms with Crippen LogP contribution in [0, 0.1) is 0 Å². The molecule has 66 valence electrons. The zero-order valence-electron chi connectivity index (χ0n) is 6.32. The average Bonchev–Trinajstić information content (AvgIpc) is 1.99. The number of hydrogen-bond acceptors (Lipinski definition) is 4. The number of carbonyl (C=O) groups is 1. The third-order valence-electron chi connectivity index (χ3n) is 1.30. The Balaban J connectivity index is 3.71. The first-order valence-corrected chi connectivity index (χ1v) is 3.32. The maximum absolute atomic E-state index is 10.2. The number of nitrogens with one attached hydrogen (secondary N) is 1. The van der Waals surface area contributed by atoms with Gasteiger partial charge in [-0.25, -0.2) is 0 Å². The van der Waals surface area contributed by atoms with Crippen molar-refractivity contribution in [1.82, 2.24) is 5.32 Å². The molecule has 5 nitrogen and oxygen atoms in total. The Hall–Kier alpha value is -0.650. The second-order valence-corrected chi connectivity index (χ2v) is 2.29. The molecule has 0 saturated carbocycles. The van der Waals surface area contributed by atoms with Crippen molar-refractivity contribution in [3.63, 3.8) is 0 Å². The minimum absolute atomic E-state index is 0.270. The van der Waals surface area contributed by atoms with Gasteiger partial charge in [-0.2, -0.15) is 0 Å². The molecule has 0 aliphatic carbocycles. The molecule has 0 rings (SSSR count). The number of aliphatic hydroxyl groups excluding tert-OH is 2. The van der Waals surface area contributed by atoms with Crippen LogP contribution in [0.5, 0.6) is 0 Å². The standard InChI is InChI=1S/C6H13NO4/c1-4(6(10)11)7-5(2-8)3-9/h4-5,7-9H,2-3H2,1H3,(H,10,11)/t4-/m0/s1. The summed E-state index contributed by atoms with van der Waals surface area (Å²) in [7, 11) is 0. The predicted octanol–water partition coefficient (Wildman–Crippen LogP) is -1.60. The van der Waals surface area contributed by atoms with E-state index in [1.54, 1.807) is 0 Å². The molecule has 1 atom stereocenters. The molecule has 0 saturated heterocycles. The minimum Gasteiger partial charge on any atom is -0.480 e. The van der Waals surface area contributed by atoms with Crippen molar-refractivity contribution in [2.24, 2.45) is 0 Å². The van der Waals surface area contributed by atoms with Crippen LogP contribution < -0.4 is 5.32 Å². The zero-order valence-corrected chi connectivity index (χ0v) is 6.32. The van der Waals surface area contributed by atoms with E-state index >= 15 is 0 Å². The molecule has 0 aromatic carbocycles. The van der Waals surface area contributed by atoms with Gasteiger partial charge in [0.25, 0.3) is 0 Å². The van der Waals surface area contributed by atoms with Crippen molar-refractivity contribution < 1.29 is 20.1 Å². The zero-order chi connectivity index (χ0) is 8.85. The van der Waals surface area contributed by atoms with Crippen molar-refractivity contribution in [2.75, 3.05) is 13.2 Å². The van der Waals surface area contributed by atoms with E-state index in [4.69, 9.17) is 15.3 Å². The summed E-state index contributed by atoms with van der Waals surface area (Å²) in [5.74, 6) is -1.00. The number of aliphatic hydroxyl groups is 2. The van der Waals surface area contributed by atoms with Gasteiger partial charge in [0.05, 0.1) is 19.3 Å². The number of carboxylic acid groups (broad SMARTS) is 1. The Labute approximate surface area is 64.7 Å². The largest absolute Gasteiger partial charge is 0.480 e. The lowest BCUT2D eigenvalue weighted by molar-refractivity contribution is -0.139. The summed E-state index contributed by atoms with van der Waals surface area (Å²) in [5, 5.41) is 28.0. The van der Waals surface area contributed by atoms with Crippen LogP contribution in [0.15, 0.2) is 0 Å². The van der Waals surface area contributed by atoms with E-state index in [1.807, 2.05) is 0 Å². The Morgan fingerprint density at radius 1 is 1.45 bits per heavy atom. The van der Waals surface area contributed by atoms with Gasteiger partial charge < -0.3 is 15.3 Å². The molecule has 11 heavy (non-hydrogen) atoms. The normalized spacial score (nSPS) is 13.5.